The Kier molecular flexibility index (Phi) is 6.07. The molecule has 1 radical (unpaired) electrons. The largest absolute Gasteiger partial charge is 0.307 e. The minimum absolute atomic E-state index is 1.06. The zero-order valence-electron chi connectivity index (χ0n) is 8.84. The zero-order chi connectivity index (χ0) is 11.1. The number of halogens is 2. The van der Waals surface area contributed by atoms with Gasteiger partial charge in [-0.3, -0.25) is 0 Å². The molecule has 0 heterocycles. The molecule has 0 amide bonds. The van der Waals surface area contributed by atoms with E-state index in [4.69, 9.17) is 22.2 Å². The van der Waals surface area contributed by atoms with Crippen molar-refractivity contribution in [2.24, 2.45) is 0 Å². The summed E-state index contributed by atoms with van der Waals surface area (Å²) in [6.07, 6.45) is 7.96. The van der Waals surface area contributed by atoms with E-state index >= 15 is 0 Å². The van der Waals surface area contributed by atoms with E-state index in [1.165, 1.54) is 18.4 Å². The molecule has 1 aromatic rings. The van der Waals surface area contributed by atoms with Crippen LogP contribution in [0.1, 0.15) is 31.7 Å². The summed E-state index contributed by atoms with van der Waals surface area (Å²) >= 11 is 11.8. The van der Waals surface area contributed by atoms with Crippen LogP contribution in [0, 0.1) is 0 Å². The molecule has 0 saturated carbocycles. The summed E-state index contributed by atoms with van der Waals surface area (Å²) in [5.74, 6) is 0. The maximum atomic E-state index is 5.90. The molecule has 0 fully saturated rings. The van der Waals surface area contributed by atoms with Gasteiger partial charge in [-0.1, -0.05) is 56.2 Å². The molecule has 81 valence electrons. The van der Waals surface area contributed by atoms with Crippen molar-refractivity contribution >= 4 is 40.8 Å². The third kappa shape index (κ3) is 4.87. The molecule has 3 heteroatoms. The summed E-state index contributed by atoms with van der Waals surface area (Å²) < 4.78 is 0. The number of rotatable bonds is 5. The molecule has 0 unspecified atom stereocenters. The highest BCUT2D eigenvalue weighted by Crippen LogP contribution is 2.05. The molecular formula is C12H15Cl2Si. The van der Waals surface area contributed by atoms with Crippen molar-refractivity contribution in [3.05, 3.63) is 35.9 Å². The van der Waals surface area contributed by atoms with Crippen molar-refractivity contribution in [3.63, 3.8) is 0 Å². The Morgan fingerprint density at radius 2 is 2.13 bits per heavy atom. The second-order valence-electron chi connectivity index (χ2n) is 3.43. The van der Waals surface area contributed by atoms with Crippen molar-refractivity contribution in [2.75, 3.05) is 0 Å². The van der Waals surface area contributed by atoms with E-state index in [-0.39, 0.29) is 0 Å². The maximum absolute atomic E-state index is 5.90. The predicted molar refractivity (Wildman–Crippen MR) is 72.1 cm³/mol. The first kappa shape index (κ1) is 12.8. The van der Waals surface area contributed by atoms with Crippen molar-refractivity contribution in [1.82, 2.24) is 0 Å². The monoisotopic (exact) mass is 257 g/mol. The third-order valence-electron chi connectivity index (χ3n) is 2.14. The lowest BCUT2D eigenvalue weighted by Gasteiger charge is -2.00. The summed E-state index contributed by atoms with van der Waals surface area (Å²) in [6, 6.07) is 8.13. The molecule has 15 heavy (non-hydrogen) atoms. The quantitative estimate of drug-likeness (QED) is 0.424. The number of hydrogen-bond acceptors (Lipinski definition) is 0. The van der Waals surface area contributed by atoms with E-state index in [0.717, 1.165) is 11.6 Å². The second-order valence-corrected chi connectivity index (χ2v) is 7.38. The van der Waals surface area contributed by atoms with Crippen LogP contribution in [0.2, 0.25) is 0 Å². The summed E-state index contributed by atoms with van der Waals surface area (Å²) in [4.78, 5) is 0. The highest BCUT2D eigenvalue weighted by Gasteiger charge is 2.06. The Morgan fingerprint density at radius 3 is 2.80 bits per heavy atom. The van der Waals surface area contributed by atoms with E-state index in [0.29, 0.717) is 0 Å². The number of hydrogen-bond donors (Lipinski definition) is 0. The van der Waals surface area contributed by atoms with Crippen LogP contribution in [0.4, 0.5) is 0 Å². The molecule has 0 spiro atoms. The van der Waals surface area contributed by atoms with Gasteiger partial charge in [0, 0.05) is 0 Å². The van der Waals surface area contributed by atoms with Gasteiger partial charge in [-0.2, -0.15) is 0 Å². The van der Waals surface area contributed by atoms with Crippen LogP contribution in [0.15, 0.2) is 30.3 Å². The molecule has 0 aliphatic heterocycles. The first-order valence-electron chi connectivity index (χ1n) is 5.19. The molecule has 0 aliphatic carbocycles. The molecule has 0 nitrogen and oxygen atoms in total. The fourth-order valence-electron chi connectivity index (χ4n) is 1.30. The lowest BCUT2D eigenvalue weighted by atomic mass is 10.2. The van der Waals surface area contributed by atoms with Crippen molar-refractivity contribution in [2.45, 2.75) is 26.2 Å². The fourth-order valence-corrected chi connectivity index (χ4v) is 2.50. The normalized spacial score (nSPS) is 11.5. The van der Waals surface area contributed by atoms with Crippen molar-refractivity contribution in [1.29, 1.82) is 0 Å². The smallest absolute Gasteiger partial charge is 0.140 e. The lowest BCUT2D eigenvalue weighted by molar-refractivity contribution is 0.816. The summed E-state index contributed by atoms with van der Waals surface area (Å²) in [5, 5.41) is 1.06. The molecule has 0 aliphatic rings. The first-order chi connectivity index (χ1) is 7.24. The highest BCUT2D eigenvalue weighted by molar-refractivity contribution is 7.39. The Balaban J connectivity index is 2.61. The van der Waals surface area contributed by atoms with Gasteiger partial charge in [-0.25, -0.2) is 0 Å². The van der Waals surface area contributed by atoms with Gasteiger partial charge in [-0.15, -0.1) is 22.2 Å². The van der Waals surface area contributed by atoms with Crippen LogP contribution < -0.4 is 5.19 Å². The highest BCUT2D eigenvalue weighted by atomic mass is 35.7. The molecular weight excluding hydrogens is 243 g/mol. The van der Waals surface area contributed by atoms with Gasteiger partial charge in [0.2, 0.25) is 0 Å². The Morgan fingerprint density at radius 1 is 1.33 bits per heavy atom. The molecule has 0 N–H and O–H groups in total. The Labute approximate surface area is 103 Å². The lowest BCUT2D eigenvalue weighted by Crippen LogP contribution is -2.17. The minimum Gasteiger partial charge on any atom is -0.140 e. The van der Waals surface area contributed by atoms with Crippen LogP contribution in [0.5, 0.6) is 0 Å². The van der Waals surface area contributed by atoms with Gasteiger partial charge in [0.1, 0.15) is 0 Å². The Bertz CT molecular complexity index is 321. The Hall–Kier alpha value is -0.243. The first-order valence-corrected chi connectivity index (χ1v) is 8.71. The molecule has 0 aromatic heterocycles. The van der Waals surface area contributed by atoms with E-state index in [1.807, 2.05) is 12.1 Å². The SMILES string of the molecule is CCCCC=Cc1cccc([Si](Cl)Cl)c1. The van der Waals surface area contributed by atoms with Gasteiger partial charge in [0.15, 0.2) is 0 Å². The zero-order valence-corrected chi connectivity index (χ0v) is 11.4. The minimum atomic E-state index is -1.36. The van der Waals surface area contributed by atoms with Crippen molar-refractivity contribution < 1.29 is 0 Å². The van der Waals surface area contributed by atoms with E-state index in [2.05, 4.69) is 31.2 Å². The number of allylic oxidation sites excluding steroid dienone is 1. The van der Waals surface area contributed by atoms with Crippen LogP contribution in [-0.4, -0.2) is 7.42 Å². The summed E-state index contributed by atoms with van der Waals surface area (Å²) in [7, 11) is -1.36. The molecule has 0 bridgehead atoms. The molecule has 1 aromatic carbocycles. The van der Waals surface area contributed by atoms with Crippen LogP contribution in [-0.2, 0) is 0 Å². The topological polar surface area (TPSA) is 0 Å². The second kappa shape index (κ2) is 7.10. The number of benzene rings is 1. The van der Waals surface area contributed by atoms with E-state index in [1.54, 1.807) is 0 Å². The van der Waals surface area contributed by atoms with Gasteiger partial charge in [0.05, 0.1) is 0 Å². The van der Waals surface area contributed by atoms with Crippen LogP contribution in [0.25, 0.3) is 6.08 Å². The average molecular weight is 258 g/mol. The average Bonchev–Trinajstić information content (AvgIpc) is 2.25. The maximum Gasteiger partial charge on any atom is 0.307 e. The fraction of sp³-hybridized carbons (Fsp3) is 0.333. The summed E-state index contributed by atoms with van der Waals surface area (Å²) in [5.41, 5.74) is 1.19. The van der Waals surface area contributed by atoms with Crippen molar-refractivity contribution in [3.8, 4) is 0 Å². The van der Waals surface area contributed by atoms with Gasteiger partial charge in [-0.05, 0) is 17.2 Å². The van der Waals surface area contributed by atoms with Gasteiger partial charge >= 0.3 is 7.42 Å². The van der Waals surface area contributed by atoms with Gasteiger partial charge < -0.3 is 0 Å². The summed E-state index contributed by atoms with van der Waals surface area (Å²) in [6.45, 7) is 2.20. The van der Waals surface area contributed by atoms with E-state index in [9.17, 15) is 0 Å². The predicted octanol–water partition coefficient (Wildman–Crippen LogP) is 4.06. The standard InChI is InChI=1S/C12H15Cl2Si/c1-2-3-4-5-7-11-8-6-9-12(10-11)15(13)14/h5-10H,2-4H2,1H3. The number of unbranched alkanes of at least 4 members (excludes halogenated alkanes) is 2. The van der Waals surface area contributed by atoms with Crippen LogP contribution >= 0.6 is 22.2 Å². The van der Waals surface area contributed by atoms with Gasteiger partial charge in [0.25, 0.3) is 0 Å². The van der Waals surface area contributed by atoms with Crippen LogP contribution in [0.3, 0.4) is 0 Å². The van der Waals surface area contributed by atoms with E-state index < -0.39 is 7.42 Å². The molecule has 1 rings (SSSR count). The molecule has 0 saturated heterocycles. The third-order valence-corrected chi connectivity index (χ3v) is 4.20. The molecule has 0 atom stereocenters.